The monoisotopic (exact) mass is 440 g/mol. The van der Waals surface area contributed by atoms with E-state index < -0.39 is 8.32 Å². The Morgan fingerprint density at radius 2 is 1.86 bits per heavy atom. The molecule has 0 amide bonds. The maximum absolute atomic E-state index is 6.54. The van der Waals surface area contributed by atoms with E-state index in [1.165, 1.54) is 0 Å². The Kier molecular flexibility index (Phi) is 5.49. The van der Waals surface area contributed by atoms with Crippen LogP contribution in [-0.2, 0) is 4.43 Å². The maximum Gasteiger partial charge on any atom is 0.192 e. The molecule has 1 fully saturated rings. The number of aromatic nitrogens is 2. The largest absolute Gasteiger partial charge is 0.414 e. The highest BCUT2D eigenvalue weighted by Crippen LogP contribution is 2.40. The fourth-order valence-electron chi connectivity index (χ4n) is 2.58. The molecule has 0 aromatic carbocycles. The average molecular weight is 441 g/mol. The molecule has 0 N–H and O–H groups in total. The molecule has 120 valence electrons. The summed E-state index contributed by atoms with van der Waals surface area (Å²) in [7, 11) is -1.65. The van der Waals surface area contributed by atoms with Crippen molar-refractivity contribution in [2.24, 2.45) is 0 Å². The van der Waals surface area contributed by atoms with Gasteiger partial charge in [0, 0.05) is 6.10 Å². The summed E-state index contributed by atoms with van der Waals surface area (Å²) in [5.74, 6) is 0. The summed E-state index contributed by atoms with van der Waals surface area (Å²) in [6, 6.07) is 0.431. The SMILES string of the molecule is CC(C)(C)[Si](C)(C)OC1CCC(n2ncc(I)c2Cl)CC1. The van der Waals surface area contributed by atoms with Gasteiger partial charge in [-0.15, -0.1) is 0 Å². The minimum absolute atomic E-state index is 0.283. The van der Waals surface area contributed by atoms with Crippen LogP contribution in [0.5, 0.6) is 0 Å². The van der Waals surface area contributed by atoms with Crippen LogP contribution in [0.1, 0.15) is 52.5 Å². The molecule has 0 aliphatic heterocycles. The van der Waals surface area contributed by atoms with Crippen LogP contribution in [0, 0.1) is 3.57 Å². The van der Waals surface area contributed by atoms with E-state index >= 15 is 0 Å². The Labute approximate surface area is 148 Å². The van der Waals surface area contributed by atoms with Crippen LogP contribution in [0.4, 0.5) is 0 Å². The third-order valence-corrected chi connectivity index (χ3v) is 11.0. The van der Waals surface area contributed by atoms with Gasteiger partial charge in [-0.3, -0.25) is 0 Å². The molecule has 0 radical (unpaired) electrons. The molecule has 1 heterocycles. The molecule has 0 spiro atoms. The first kappa shape index (κ1) is 17.8. The standard InChI is InChI=1S/C15H26ClIN2OSi/c1-15(2,3)21(4,5)20-12-8-6-11(7-9-12)19-14(16)13(17)10-18-19/h10-12H,6-9H2,1-5H3. The number of hydrogen-bond donors (Lipinski definition) is 0. The van der Waals surface area contributed by atoms with E-state index in [9.17, 15) is 0 Å². The van der Waals surface area contributed by atoms with Gasteiger partial charge in [-0.25, -0.2) is 4.68 Å². The van der Waals surface area contributed by atoms with Gasteiger partial charge in [-0.05, 0) is 66.4 Å². The van der Waals surface area contributed by atoms with E-state index in [0.29, 0.717) is 12.1 Å². The van der Waals surface area contributed by atoms with Gasteiger partial charge in [0.05, 0.1) is 15.8 Å². The topological polar surface area (TPSA) is 27.1 Å². The molecule has 1 aliphatic rings. The quantitative estimate of drug-likeness (QED) is 0.449. The van der Waals surface area contributed by atoms with Crippen LogP contribution in [0.2, 0.25) is 23.3 Å². The molecule has 6 heteroatoms. The zero-order valence-corrected chi connectivity index (χ0v) is 17.5. The minimum Gasteiger partial charge on any atom is -0.414 e. The summed E-state index contributed by atoms with van der Waals surface area (Å²) >= 11 is 8.55. The number of rotatable bonds is 3. The van der Waals surface area contributed by atoms with Crippen molar-refractivity contribution in [3.8, 4) is 0 Å². The summed E-state index contributed by atoms with van der Waals surface area (Å²) < 4.78 is 9.57. The van der Waals surface area contributed by atoms with Gasteiger partial charge < -0.3 is 4.43 Å². The first-order valence-electron chi connectivity index (χ1n) is 7.68. The van der Waals surface area contributed by atoms with Crippen LogP contribution < -0.4 is 0 Å². The van der Waals surface area contributed by atoms with Crippen molar-refractivity contribution in [2.75, 3.05) is 0 Å². The summed E-state index contributed by atoms with van der Waals surface area (Å²) in [6.07, 6.45) is 6.71. The lowest BCUT2D eigenvalue weighted by atomic mass is 9.93. The second kappa shape index (κ2) is 6.49. The van der Waals surface area contributed by atoms with Crippen molar-refractivity contribution < 1.29 is 4.43 Å². The summed E-state index contributed by atoms with van der Waals surface area (Å²) in [4.78, 5) is 0. The van der Waals surface area contributed by atoms with Crippen molar-refractivity contribution in [1.82, 2.24) is 9.78 Å². The molecule has 3 nitrogen and oxygen atoms in total. The van der Waals surface area contributed by atoms with Crippen LogP contribution in [0.25, 0.3) is 0 Å². The van der Waals surface area contributed by atoms with Gasteiger partial charge >= 0.3 is 0 Å². The van der Waals surface area contributed by atoms with Crippen molar-refractivity contribution >= 4 is 42.5 Å². The van der Waals surface area contributed by atoms with E-state index in [0.717, 1.165) is 34.4 Å². The van der Waals surface area contributed by atoms with Crippen molar-refractivity contribution in [3.05, 3.63) is 14.9 Å². The van der Waals surface area contributed by atoms with Gasteiger partial charge in [-0.2, -0.15) is 5.10 Å². The molecule has 1 aromatic rings. The van der Waals surface area contributed by atoms with E-state index in [2.05, 4.69) is 61.6 Å². The van der Waals surface area contributed by atoms with E-state index in [-0.39, 0.29) is 5.04 Å². The van der Waals surface area contributed by atoms with E-state index in [4.69, 9.17) is 16.0 Å². The van der Waals surface area contributed by atoms with Crippen LogP contribution in [0.15, 0.2) is 6.20 Å². The van der Waals surface area contributed by atoms with Gasteiger partial charge in [0.2, 0.25) is 0 Å². The number of halogens is 2. The highest BCUT2D eigenvalue weighted by molar-refractivity contribution is 14.1. The molecule has 1 saturated carbocycles. The fourth-order valence-corrected chi connectivity index (χ4v) is 4.61. The molecule has 0 unspecified atom stereocenters. The van der Waals surface area contributed by atoms with Crippen molar-refractivity contribution in [1.29, 1.82) is 0 Å². The average Bonchev–Trinajstić information content (AvgIpc) is 2.69. The van der Waals surface area contributed by atoms with Gasteiger partial charge in [0.15, 0.2) is 8.32 Å². The van der Waals surface area contributed by atoms with Gasteiger partial charge in [0.1, 0.15) is 5.15 Å². The Balaban J connectivity index is 1.94. The molecule has 0 saturated heterocycles. The lowest BCUT2D eigenvalue weighted by molar-refractivity contribution is 0.115. The van der Waals surface area contributed by atoms with Gasteiger partial charge in [0.25, 0.3) is 0 Å². The highest BCUT2D eigenvalue weighted by Gasteiger charge is 2.40. The minimum atomic E-state index is -1.65. The third kappa shape index (κ3) is 4.03. The zero-order valence-electron chi connectivity index (χ0n) is 13.6. The predicted molar refractivity (Wildman–Crippen MR) is 99.5 cm³/mol. The molecule has 1 aliphatic carbocycles. The zero-order chi connectivity index (χ0) is 15.8. The van der Waals surface area contributed by atoms with E-state index in [1.807, 2.05) is 10.9 Å². The summed E-state index contributed by atoms with van der Waals surface area (Å²) in [6.45, 7) is 11.6. The second-order valence-electron chi connectivity index (χ2n) is 7.54. The molecule has 0 atom stereocenters. The molecule has 2 rings (SSSR count). The van der Waals surface area contributed by atoms with Crippen molar-refractivity contribution in [2.45, 2.75) is 76.7 Å². The lowest BCUT2D eigenvalue weighted by Gasteiger charge is -2.41. The Hall–Kier alpha value is 0.407. The smallest absolute Gasteiger partial charge is 0.192 e. The predicted octanol–water partition coefficient (Wildman–Crippen LogP) is 5.65. The maximum atomic E-state index is 6.54. The highest BCUT2D eigenvalue weighted by atomic mass is 127. The summed E-state index contributed by atoms with van der Waals surface area (Å²) in [5, 5.41) is 5.49. The van der Waals surface area contributed by atoms with Gasteiger partial charge in [-0.1, -0.05) is 32.4 Å². The normalized spacial score (nSPS) is 24.3. The second-order valence-corrected chi connectivity index (χ2v) is 13.8. The first-order chi connectivity index (χ1) is 9.62. The molecule has 0 bridgehead atoms. The Morgan fingerprint density at radius 3 is 2.29 bits per heavy atom. The third-order valence-electron chi connectivity index (χ3n) is 4.95. The number of hydrogen-bond acceptors (Lipinski definition) is 2. The van der Waals surface area contributed by atoms with Crippen LogP contribution >= 0.6 is 34.2 Å². The summed E-state index contributed by atoms with van der Waals surface area (Å²) in [5.41, 5.74) is 0. The molecule has 21 heavy (non-hydrogen) atoms. The number of nitrogens with zero attached hydrogens (tertiary/aromatic N) is 2. The van der Waals surface area contributed by atoms with Crippen LogP contribution in [0.3, 0.4) is 0 Å². The van der Waals surface area contributed by atoms with E-state index in [1.54, 1.807) is 0 Å². The Morgan fingerprint density at radius 1 is 1.29 bits per heavy atom. The first-order valence-corrected chi connectivity index (χ1v) is 12.0. The molecule has 1 aromatic heterocycles. The molecular weight excluding hydrogens is 415 g/mol. The lowest BCUT2D eigenvalue weighted by Crippen LogP contribution is -2.44. The van der Waals surface area contributed by atoms with Crippen molar-refractivity contribution in [3.63, 3.8) is 0 Å². The molecular formula is C15H26ClIN2OSi. The Bertz CT molecular complexity index is 490. The van der Waals surface area contributed by atoms with Crippen LogP contribution in [-0.4, -0.2) is 24.2 Å². The fraction of sp³-hybridized carbons (Fsp3) is 0.800.